The molecule has 0 aliphatic heterocycles. The van der Waals surface area contributed by atoms with Crippen molar-refractivity contribution >= 4 is 5.78 Å². The summed E-state index contributed by atoms with van der Waals surface area (Å²) in [5.41, 5.74) is 7.41. The minimum absolute atomic E-state index is 0.0823. The standard InChI is InChI=1S/C13H19NO/c1-13(2,3)11-6-4-5-10(9-11)12(15)7-8-14/h4-6,9H,7-8,14H2,1-3H3. The second-order valence-electron chi connectivity index (χ2n) is 4.79. The van der Waals surface area contributed by atoms with Gasteiger partial charge in [0, 0.05) is 12.0 Å². The van der Waals surface area contributed by atoms with Crippen LogP contribution in [0.5, 0.6) is 0 Å². The Hall–Kier alpha value is -1.15. The summed E-state index contributed by atoms with van der Waals surface area (Å²) in [6.45, 7) is 6.83. The van der Waals surface area contributed by atoms with Gasteiger partial charge in [-0.05, 0) is 23.6 Å². The lowest BCUT2D eigenvalue weighted by atomic mass is 9.86. The Morgan fingerprint density at radius 1 is 1.33 bits per heavy atom. The van der Waals surface area contributed by atoms with Crippen molar-refractivity contribution in [2.45, 2.75) is 32.6 Å². The third-order valence-corrected chi connectivity index (χ3v) is 2.42. The van der Waals surface area contributed by atoms with Crippen LogP contribution in [-0.2, 0) is 5.41 Å². The summed E-state index contributed by atoms with van der Waals surface area (Å²) < 4.78 is 0. The van der Waals surface area contributed by atoms with Crippen LogP contribution in [0.25, 0.3) is 0 Å². The van der Waals surface area contributed by atoms with Crippen molar-refractivity contribution in [1.82, 2.24) is 0 Å². The summed E-state index contributed by atoms with van der Waals surface area (Å²) in [4.78, 5) is 11.6. The lowest BCUT2D eigenvalue weighted by molar-refractivity contribution is 0.0985. The fraction of sp³-hybridized carbons (Fsp3) is 0.462. The average Bonchev–Trinajstić information content (AvgIpc) is 2.17. The number of hydrogen-bond acceptors (Lipinski definition) is 2. The van der Waals surface area contributed by atoms with Crippen molar-refractivity contribution in [2.75, 3.05) is 6.54 Å². The van der Waals surface area contributed by atoms with Crippen molar-refractivity contribution in [1.29, 1.82) is 0 Å². The molecule has 2 heteroatoms. The zero-order chi connectivity index (χ0) is 11.5. The maximum absolute atomic E-state index is 11.6. The molecule has 0 saturated heterocycles. The van der Waals surface area contributed by atoms with Crippen molar-refractivity contribution < 1.29 is 4.79 Å². The van der Waals surface area contributed by atoms with Gasteiger partial charge in [-0.1, -0.05) is 39.0 Å². The number of benzene rings is 1. The predicted molar refractivity (Wildman–Crippen MR) is 63.1 cm³/mol. The molecule has 0 fully saturated rings. The Morgan fingerprint density at radius 2 is 2.00 bits per heavy atom. The molecule has 0 aliphatic rings. The van der Waals surface area contributed by atoms with Crippen molar-refractivity contribution in [3.63, 3.8) is 0 Å². The topological polar surface area (TPSA) is 43.1 Å². The van der Waals surface area contributed by atoms with Crippen molar-refractivity contribution in [3.8, 4) is 0 Å². The number of carbonyl (C=O) groups is 1. The first kappa shape index (κ1) is 11.9. The molecule has 0 amide bonds. The monoisotopic (exact) mass is 205 g/mol. The van der Waals surface area contributed by atoms with E-state index in [4.69, 9.17) is 5.73 Å². The van der Waals surface area contributed by atoms with E-state index in [0.29, 0.717) is 13.0 Å². The minimum Gasteiger partial charge on any atom is -0.330 e. The molecule has 0 spiro atoms. The summed E-state index contributed by atoms with van der Waals surface area (Å²) in [5.74, 6) is 0.128. The van der Waals surface area contributed by atoms with E-state index in [1.165, 1.54) is 5.56 Å². The third kappa shape index (κ3) is 3.17. The first-order valence-corrected chi connectivity index (χ1v) is 5.29. The van der Waals surface area contributed by atoms with Crippen LogP contribution in [-0.4, -0.2) is 12.3 Å². The van der Waals surface area contributed by atoms with Crippen LogP contribution >= 0.6 is 0 Å². The third-order valence-electron chi connectivity index (χ3n) is 2.42. The molecule has 15 heavy (non-hydrogen) atoms. The Morgan fingerprint density at radius 3 is 2.53 bits per heavy atom. The molecular weight excluding hydrogens is 186 g/mol. The molecule has 2 N–H and O–H groups in total. The largest absolute Gasteiger partial charge is 0.330 e. The lowest BCUT2D eigenvalue weighted by Gasteiger charge is -2.19. The average molecular weight is 205 g/mol. The number of ketones is 1. The second kappa shape index (κ2) is 4.58. The molecule has 0 aliphatic carbocycles. The maximum Gasteiger partial charge on any atom is 0.164 e. The SMILES string of the molecule is CC(C)(C)c1cccc(C(=O)CCN)c1. The summed E-state index contributed by atoms with van der Waals surface area (Å²) in [5, 5.41) is 0. The summed E-state index contributed by atoms with van der Waals surface area (Å²) >= 11 is 0. The van der Waals surface area contributed by atoms with Crippen molar-refractivity contribution in [2.24, 2.45) is 5.73 Å². The Labute approximate surface area is 91.5 Å². The van der Waals surface area contributed by atoms with E-state index in [9.17, 15) is 4.79 Å². The summed E-state index contributed by atoms with van der Waals surface area (Å²) in [7, 11) is 0. The van der Waals surface area contributed by atoms with E-state index in [1.54, 1.807) is 0 Å². The first-order chi connectivity index (χ1) is 6.95. The van der Waals surface area contributed by atoms with E-state index in [2.05, 4.69) is 26.8 Å². The highest BCUT2D eigenvalue weighted by atomic mass is 16.1. The highest BCUT2D eigenvalue weighted by Crippen LogP contribution is 2.23. The van der Waals surface area contributed by atoms with Crippen LogP contribution in [0.1, 0.15) is 43.1 Å². The van der Waals surface area contributed by atoms with Gasteiger partial charge in [0.1, 0.15) is 0 Å². The molecular formula is C13H19NO. The van der Waals surface area contributed by atoms with Gasteiger partial charge < -0.3 is 5.73 Å². The van der Waals surface area contributed by atoms with Crippen LogP contribution in [0.15, 0.2) is 24.3 Å². The van der Waals surface area contributed by atoms with E-state index in [-0.39, 0.29) is 11.2 Å². The fourth-order valence-electron chi connectivity index (χ4n) is 1.43. The molecule has 1 rings (SSSR count). The molecule has 0 saturated carbocycles. The van der Waals surface area contributed by atoms with Gasteiger partial charge in [0.2, 0.25) is 0 Å². The molecule has 0 bridgehead atoms. The van der Waals surface area contributed by atoms with E-state index in [0.717, 1.165) is 5.56 Å². The number of carbonyl (C=O) groups excluding carboxylic acids is 1. The first-order valence-electron chi connectivity index (χ1n) is 5.29. The highest BCUT2D eigenvalue weighted by Gasteiger charge is 2.15. The second-order valence-corrected chi connectivity index (χ2v) is 4.79. The summed E-state index contributed by atoms with van der Waals surface area (Å²) in [6, 6.07) is 7.81. The lowest BCUT2D eigenvalue weighted by Crippen LogP contribution is -2.13. The van der Waals surface area contributed by atoms with Gasteiger partial charge >= 0.3 is 0 Å². The van der Waals surface area contributed by atoms with Crippen LogP contribution < -0.4 is 5.73 Å². The summed E-state index contributed by atoms with van der Waals surface area (Å²) in [6.07, 6.45) is 0.424. The van der Waals surface area contributed by atoms with Gasteiger partial charge in [0.25, 0.3) is 0 Å². The molecule has 1 aromatic carbocycles. The quantitative estimate of drug-likeness (QED) is 0.770. The Bertz CT molecular complexity index is 350. The number of rotatable bonds is 3. The Balaban J connectivity index is 2.98. The van der Waals surface area contributed by atoms with Gasteiger partial charge in [0.05, 0.1) is 0 Å². The van der Waals surface area contributed by atoms with Gasteiger partial charge in [-0.3, -0.25) is 4.79 Å². The molecule has 0 aromatic heterocycles. The number of Topliss-reactive ketones (excluding diaryl/α,β-unsaturated/α-hetero) is 1. The number of nitrogens with two attached hydrogens (primary N) is 1. The minimum atomic E-state index is 0.0823. The van der Waals surface area contributed by atoms with E-state index in [1.807, 2.05) is 18.2 Å². The smallest absolute Gasteiger partial charge is 0.164 e. The van der Waals surface area contributed by atoms with E-state index < -0.39 is 0 Å². The Kier molecular flexibility index (Phi) is 3.64. The zero-order valence-electron chi connectivity index (χ0n) is 9.71. The highest BCUT2D eigenvalue weighted by molar-refractivity contribution is 5.96. The molecule has 1 aromatic rings. The molecule has 2 nitrogen and oxygen atoms in total. The van der Waals surface area contributed by atoms with Crippen LogP contribution in [0.2, 0.25) is 0 Å². The normalized spacial score (nSPS) is 11.5. The van der Waals surface area contributed by atoms with Gasteiger partial charge in [-0.2, -0.15) is 0 Å². The molecule has 0 radical (unpaired) electrons. The van der Waals surface area contributed by atoms with Crippen molar-refractivity contribution in [3.05, 3.63) is 35.4 Å². The fourth-order valence-corrected chi connectivity index (χ4v) is 1.43. The predicted octanol–water partition coefficient (Wildman–Crippen LogP) is 2.52. The maximum atomic E-state index is 11.6. The van der Waals surface area contributed by atoms with E-state index >= 15 is 0 Å². The molecule has 0 heterocycles. The number of hydrogen-bond donors (Lipinski definition) is 1. The van der Waals surface area contributed by atoms with Gasteiger partial charge in [-0.25, -0.2) is 0 Å². The van der Waals surface area contributed by atoms with Crippen LogP contribution in [0.4, 0.5) is 0 Å². The molecule has 0 atom stereocenters. The van der Waals surface area contributed by atoms with Gasteiger partial charge in [-0.15, -0.1) is 0 Å². The zero-order valence-corrected chi connectivity index (χ0v) is 9.71. The van der Waals surface area contributed by atoms with Crippen LogP contribution in [0.3, 0.4) is 0 Å². The molecule has 0 unspecified atom stereocenters. The van der Waals surface area contributed by atoms with Gasteiger partial charge in [0.15, 0.2) is 5.78 Å². The molecule has 82 valence electrons. The van der Waals surface area contributed by atoms with Crippen LogP contribution in [0, 0.1) is 0 Å².